The number of para-hydroxylation sites is 1. The summed E-state index contributed by atoms with van der Waals surface area (Å²) >= 11 is 5.64. The smallest absolute Gasteiger partial charge is 0.411 e. The third kappa shape index (κ3) is 16.2. The maximum atomic E-state index is 11.2. The molecule has 290 valence electrons. The van der Waals surface area contributed by atoms with Gasteiger partial charge in [-0.3, -0.25) is 16.0 Å². The van der Waals surface area contributed by atoms with Crippen molar-refractivity contribution in [2.24, 2.45) is 0 Å². The molecule has 5 amide bonds. The third-order valence-corrected chi connectivity index (χ3v) is 7.21. The molecule has 0 radical (unpaired) electrons. The third-order valence-electron chi connectivity index (χ3n) is 6.96. The van der Waals surface area contributed by atoms with Crippen LogP contribution in [0.4, 0.5) is 41.9 Å². The van der Waals surface area contributed by atoms with E-state index in [4.69, 9.17) is 11.6 Å². The first-order chi connectivity index (χ1) is 25.7. The van der Waals surface area contributed by atoms with Crippen LogP contribution in [-0.4, -0.2) is 52.7 Å². The summed E-state index contributed by atoms with van der Waals surface area (Å²) in [6.07, 6.45) is -1.39. The van der Waals surface area contributed by atoms with Gasteiger partial charge in [0.25, 0.3) is 0 Å². The number of ether oxygens (including phenoxy) is 3. The molecule has 0 aliphatic carbocycles. The van der Waals surface area contributed by atoms with E-state index in [0.717, 1.165) is 38.6 Å². The van der Waals surface area contributed by atoms with Gasteiger partial charge in [0, 0.05) is 34.2 Å². The van der Waals surface area contributed by atoms with E-state index in [0.29, 0.717) is 10.7 Å². The zero-order valence-electron chi connectivity index (χ0n) is 29.5. The fourth-order valence-corrected chi connectivity index (χ4v) is 4.53. The number of carbonyl (C=O) groups excluding carboxylic acids is 4. The summed E-state index contributed by atoms with van der Waals surface area (Å²) in [5, 5.41) is 17.9. The molecule has 0 saturated heterocycles. The van der Waals surface area contributed by atoms with Crippen LogP contribution in [0.5, 0.6) is 0 Å². The number of amides is 5. The topological polar surface area (TPSA) is 156 Å². The Kier molecular flexibility index (Phi) is 21.2. The number of anilines is 4. The number of benzene rings is 6. The van der Waals surface area contributed by atoms with E-state index >= 15 is 0 Å². The van der Waals surface area contributed by atoms with Gasteiger partial charge in [-0.15, -0.1) is 0 Å². The molecule has 0 spiro atoms. The van der Waals surface area contributed by atoms with E-state index < -0.39 is 18.3 Å². The molecule has 0 bridgehead atoms. The SMILES string of the molecule is C.C.CNC(=O)Nc1cccc2ccccc12.COC(=O)Nc1ccc(Cl)cc1.COC(=O)Nc1cccc2ccccc12.COC(=O)Nc1ccccc1. The average molecular weight is 770 g/mol. The maximum absolute atomic E-state index is 11.2. The van der Waals surface area contributed by atoms with Crippen LogP contribution < -0.4 is 26.6 Å². The molecule has 5 N–H and O–H groups in total. The Hall–Kier alpha value is -6.79. The zero-order chi connectivity index (χ0) is 38.4. The van der Waals surface area contributed by atoms with Crippen molar-refractivity contribution in [3.8, 4) is 0 Å². The lowest BCUT2D eigenvalue weighted by molar-refractivity contribution is 0.186. The fraction of sp³-hybridized carbons (Fsp3) is 0.143. The van der Waals surface area contributed by atoms with Crippen molar-refractivity contribution in [3.63, 3.8) is 0 Å². The summed E-state index contributed by atoms with van der Waals surface area (Å²) in [7, 11) is 5.59. The van der Waals surface area contributed by atoms with Gasteiger partial charge in [-0.2, -0.15) is 0 Å². The highest BCUT2D eigenvalue weighted by Crippen LogP contribution is 2.24. The van der Waals surface area contributed by atoms with Gasteiger partial charge in [-0.25, -0.2) is 19.2 Å². The molecule has 0 unspecified atom stereocenters. The Morgan fingerprint density at radius 1 is 0.455 bits per heavy atom. The number of hydrogen-bond donors (Lipinski definition) is 5. The maximum Gasteiger partial charge on any atom is 0.411 e. The minimum atomic E-state index is -0.489. The zero-order valence-corrected chi connectivity index (χ0v) is 30.3. The van der Waals surface area contributed by atoms with Gasteiger partial charge >= 0.3 is 24.3 Å². The number of nitrogens with one attached hydrogen (secondary N) is 5. The quantitative estimate of drug-likeness (QED) is 0.112. The van der Waals surface area contributed by atoms with Crippen LogP contribution in [0.2, 0.25) is 5.02 Å². The standard InChI is InChI=1S/C12H12N2O.C12H11NO2.C8H8ClNO2.C8H9NO2.2CH4/c1-13-12(15)14-11-8-4-6-9-5-2-3-7-10(9)11;1-15-12(14)13-11-8-4-6-9-5-2-3-7-10(9)11;1-12-8(11)10-7-4-2-6(9)3-5-7;1-11-8(10)9-7-5-3-2-4-6-7;;/h2-8H,1H3,(H2,13,14,15);2-8H,1H3,(H,13,14);2-5H,1H3,(H,10,11);2-6H,1H3,(H,9,10);2*1H4. The monoisotopic (exact) mass is 769 g/mol. The predicted molar refractivity (Wildman–Crippen MR) is 225 cm³/mol. The Labute approximate surface area is 327 Å². The van der Waals surface area contributed by atoms with Gasteiger partial charge in [-0.05, 0) is 59.3 Å². The molecule has 13 heteroatoms. The minimum absolute atomic E-state index is 0. The van der Waals surface area contributed by atoms with Crippen LogP contribution in [0.1, 0.15) is 14.9 Å². The lowest BCUT2D eigenvalue weighted by atomic mass is 10.1. The molecule has 55 heavy (non-hydrogen) atoms. The van der Waals surface area contributed by atoms with E-state index in [-0.39, 0.29) is 20.9 Å². The number of urea groups is 1. The first kappa shape index (κ1) is 46.2. The van der Waals surface area contributed by atoms with E-state index in [1.807, 2.05) is 103 Å². The number of halogens is 1. The molecular weight excluding hydrogens is 722 g/mol. The molecule has 12 nitrogen and oxygen atoms in total. The Morgan fingerprint density at radius 2 is 0.836 bits per heavy atom. The molecule has 0 saturated carbocycles. The lowest BCUT2D eigenvalue weighted by Gasteiger charge is -2.07. The van der Waals surface area contributed by atoms with Crippen LogP contribution in [0, 0.1) is 0 Å². The number of hydrogen-bond acceptors (Lipinski definition) is 7. The fourth-order valence-electron chi connectivity index (χ4n) is 4.41. The molecule has 6 aromatic carbocycles. The lowest BCUT2D eigenvalue weighted by Crippen LogP contribution is -2.24. The molecule has 0 heterocycles. The van der Waals surface area contributed by atoms with Crippen molar-refractivity contribution < 1.29 is 33.4 Å². The first-order valence-corrected chi connectivity index (χ1v) is 16.3. The van der Waals surface area contributed by atoms with Crippen LogP contribution >= 0.6 is 11.6 Å². The van der Waals surface area contributed by atoms with Crippen LogP contribution in [0.15, 0.2) is 140 Å². The summed E-state index contributed by atoms with van der Waals surface area (Å²) in [4.78, 5) is 43.6. The Bertz CT molecular complexity index is 1980. The highest BCUT2D eigenvalue weighted by Gasteiger charge is 2.05. The Balaban J connectivity index is 0.000000365. The second-order valence-corrected chi connectivity index (χ2v) is 10.9. The van der Waals surface area contributed by atoms with Crippen molar-refractivity contribution >= 4 is 80.2 Å². The highest BCUT2D eigenvalue weighted by molar-refractivity contribution is 6.30. The van der Waals surface area contributed by atoms with E-state index in [2.05, 4.69) is 40.8 Å². The van der Waals surface area contributed by atoms with Crippen molar-refractivity contribution in [2.75, 3.05) is 49.6 Å². The van der Waals surface area contributed by atoms with Crippen molar-refractivity contribution in [1.29, 1.82) is 0 Å². The van der Waals surface area contributed by atoms with Crippen molar-refractivity contribution in [3.05, 3.63) is 145 Å². The summed E-state index contributed by atoms with van der Waals surface area (Å²) in [5.41, 5.74) is 2.98. The second kappa shape index (κ2) is 25.2. The first-order valence-electron chi connectivity index (χ1n) is 16.0. The van der Waals surface area contributed by atoms with Gasteiger partial charge in [0.05, 0.1) is 32.7 Å². The molecular formula is C42H48ClN5O7. The molecule has 0 aliphatic rings. The van der Waals surface area contributed by atoms with E-state index in [1.54, 1.807) is 43.4 Å². The molecule has 0 fully saturated rings. The molecule has 0 aliphatic heterocycles. The van der Waals surface area contributed by atoms with Crippen molar-refractivity contribution in [1.82, 2.24) is 5.32 Å². The van der Waals surface area contributed by atoms with Crippen molar-refractivity contribution in [2.45, 2.75) is 14.9 Å². The molecule has 0 atom stereocenters. The second-order valence-electron chi connectivity index (χ2n) is 10.5. The van der Waals surface area contributed by atoms with E-state index in [9.17, 15) is 19.2 Å². The number of methoxy groups -OCH3 is 3. The van der Waals surface area contributed by atoms with Gasteiger partial charge < -0.3 is 24.8 Å². The van der Waals surface area contributed by atoms with Crippen LogP contribution in [0.3, 0.4) is 0 Å². The van der Waals surface area contributed by atoms with E-state index in [1.165, 1.54) is 21.3 Å². The van der Waals surface area contributed by atoms with Gasteiger partial charge in [-0.1, -0.05) is 117 Å². The van der Waals surface area contributed by atoms with Gasteiger partial charge in [0.15, 0.2) is 0 Å². The Morgan fingerprint density at radius 3 is 1.29 bits per heavy atom. The van der Waals surface area contributed by atoms with Gasteiger partial charge in [0.1, 0.15) is 0 Å². The highest BCUT2D eigenvalue weighted by atomic mass is 35.5. The largest absolute Gasteiger partial charge is 0.453 e. The minimum Gasteiger partial charge on any atom is -0.453 e. The van der Waals surface area contributed by atoms with Gasteiger partial charge in [0.2, 0.25) is 0 Å². The molecule has 6 aromatic rings. The summed E-state index contributed by atoms with van der Waals surface area (Å²) < 4.78 is 13.4. The molecule has 0 aromatic heterocycles. The van der Waals surface area contributed by atoms with Crippen LogP contribution in [-0.2, 0) is 14.2 Å². The number of rotatable bonds is 4. The summed E-state index contributed by atoms with van der Waals surface area (Å²) in [5.74, 6) is 0. The predicted octanol–water partition coefficient (Wildman–Crippen LogP) is 11.3. The number of carbonyl (C=O) groups is 4. The molecule has 6 rings (SSSR count). The number of fused-ring (bicyclic) bond motifs is 2. The van der Waals surface area contributed by atoms with Crippen LogP contribution in [0.25, 0.3) is 21.5 Å². The average Bonchev–Trinajstić information content (AvgIpc) is 3.20. The summed E-state index contributed by atoms with van der Waals surface area (Å²) in [6.45, 7) is 0. The normalized spacial score (nSPS) is 9.18. The summed E-state index contributed by atoms with van der Waals surface area (Å²) in [6, 6.07) is 43.1.